The molecule has 1 aliphatic carbocycles. The average Bonchev–Trinajstić information content (AvgIpc) is 2.70. The molecule has 0 aliphatic heterocycles. The maximum Gasteiger partial charge on any atom is 0.404 e. The number of nitrogens with one attached hydrogen (secondary N) is 3. The van der Waals surface area contributed by atoms with Gasteiger partial charge in [0.25, 0.3) is 0 Å². The standard InChI is InChI=1S/C19H19N7O2/c20-9-12-5-7-13(8-6-12)23-18-16(10-21)22-11-17(26-18)24-14-3-1-2-4-15(14)25-19(27)28/h5-8,11,14-15,25H,1-4H2,(H,27,28)(H2,23,24,26)/t14-,15+/m1/s1. The normalized spacial score (nSPS) is 18.4. The van der Waals surface area contributed by atoms with E-state index in [0.717, 1.165) is 25.7 Å². The van der Waals surface area contributed by atoms with E-state index in [9.17, 15) is 10.1 Å². The lowest BCUT2D eigenvalue weighted by atomic mass is 9.90. The summed E-state index contributed by atoms with van der Waals surface area (Å²) >= 11 is 0. The van der Waals surface area contributed by atoms with Crippen molar-refractivity contribution in [3.05, 3.63) is 41.7 Å². The Morgan fingerprint density at radius 3 is 2.46 bits per heavy atom. The number of nitrogens with zero attached hydrogens (tertiary/aromatic N) is 4. The van der Waals surface area contributed by atoms with E-state index in [4.69, 9.17) is 10.4 Å². The van der Waals surface area contributed by atoms with Crippen LogP contribution in [0, 0.1) is 22.7 Å². The van der Waals surface area contributed by atoms with Crippen molar-refractivity contribution >= 4 is 23.4 Å². The van der Waals surface area contributed by atoms with Crippen molar-refractivity contribution in [2.24, 2.45) is 0 Å². The van der Waals surface area contributed by atoms with Gasteiger partial charge in [-0.25, -0.2) is 14.8 Å². The molecule has 0 radical (unpaired) electrons. The number of carbonyl (C=O) groups is 1. The van der Waals surface area contributed by atoms with Gasteiger partial charge < -0.3 is 21.1 Å². The summed E-state index contributed by atoms with van der Waals surface area (Å²) in [7, 11) is 0. The summed E-state index contributed by atoms with van der Waals surface area (Å²) < 4.78 is 0. The van der Waals surface area contributed by atoms with E-state index in [2.05, 4.69) is 25.9 Å². The minimum atomic E-state index is -1.05. The van der Waals surface area contributed by atoms with Crippen LogP contribution in [0.4, 0.5) is 22.1 Å². The summed E-state index contributed by atoms with van der Waals surface area (Å²) in [5, 5.41) is 36.0. The van der Waals surface area contributed by atoms with Gasteiger partial charge in [0.1, 0.15) is 11.9 Å². The van der Waals surface area contributed by atoms with Crippen molar-refractivity contribution in [3.8, 4) is 12.1 Å². The summed E-state index contributed by atoms with van der Waals surface area (Å²) in [5.41, 5.74) is 1.34. The number of benzene rings is 1. The first kappa shape index (κ1) is 18.9. The zero-order valence-electron chi connectivity index (χ0n) is 15.0. The summed E-state index contributed by atoms with van der Waals surface area (Å²) in [6.45, 7) is 0. The Bertz CT molecular complexity index is 931. The highest BCUT2D eigenvalue weighted by Gasteiger charge is 2.27. The highest BCUT2D eigenvalue weighted by atomic mass is 16.4. The molecule has 1 aliphatic rings. The van der Waals surface area contributed by atoms with Crippen LogP contribution in [0.2, 0.25) is 0 Å². The van der Waals surface area contributed by atoms with E-state index < -0.39 is 6.09 Å². The second kappa shape index (κ2) is 8.69. The third-order valence-corrected chi connectivity index (χ3v) is 4.56. The van der Waals surface area contributed by atoms with Crippen LogP contribution < -0.4 is 16.0 Å². The Hall–Kier alpha value is -3.85. The lowest BCUT2D eigenvalue weighted by molar-refractivity contribution is 0.184. The van der Waals surface area contributed by atoms with Crippen LogP contribution in [0.3, 0.4) is 0 Å². The fourth-order valence-corrected chi connectivity index (χ4v) is 3.22. The Labute approximate surface area is 162 Å². The summed E-state index contributed by atoms with van der Waals surface area (Å²) in [6, 6.07) is 10.5. The van der Waals surface area contributed by atoms with Crippen molar-refractivity contribution in [2.45, 2.75) is 37.8 Å². The van der Waals surface area contributed by atoms with Crippen LogP contribution in [-0.4, -0.2) is 33.3 Å². The van der Waals surface area contributed by atoms with E-state index in [1.54, 1.807) is 24.3 Å². The van der Waals surface area contributed by atoms with E-state index in [0.29, 0.717) is 17.1 Å². The molecular weight excluding hydrogens is 358 g/mol. The van der Waals surface area contributed by atoms with Gasteiger partial charge in [0.2, 0.25) is 0 Å². The van der Waals surface area contributed by atoms with Gasteiger partial charge in [0.05, 0.1) is 23.9 Å². The molecule has 1 fully saturated rings. The molecule has 1 aromatic carbocycles. The molecule has 0 unspecified atom stereocenters. The van der Waals surface area contributed by atoms with Crippen LogP contribution in [0.15, 0.2) is 30.5 Å². The molecule has 9 nitrogen and oxygen atoms in total. The molecule has 4 N–H and O–H groups in total. The molecule has 2 aromatic rings. The summed E-state index contributed by atoms with van der Waals surface area (Å²) in [5.74, 6) is 0.745. The molecule has 1 aromatic heterocycles. The largest absolute Gasteiger partial charge is 0.465 e. The average molecular weight is 377 g/mol. The van der Waals surface area contributed by atoms with Crippen LogP contribution in [0.5, 0.6) is 0 Å². The van der Waals surface area contributed by atoms with Crippen LogP contribution in [0.25, 0.3) is 0 Å². The van der Waals surface area contributed by atoms with E-state index in [-0.39, 0.29) is 23.6 Å². The highest BCUT2D eigenvalue weighted by Crippen LogP contribution is 2.24. The number of hydrogen-bond acceptors (Lipinski definition) is 7. The first-order valence-electron chi connectivity index (χ1n) is 8.89. The zero-order chi connectivity index (χ0) is 19.9. The van der Waals surface area contributed by atoms with Gasteiger partial charge in [0.15, 0.2) is 11.5 Å². The van der Waals surface area contributed by atoms with Crippen molar-refractivity contribution in [3.63, 3.8) is 0 Å². The number of anilines is 3. The number of nitriles is 2. The third-order valence-electron chi connectivity index (χ3n) is 4.56. The van der Waals surface area contributed by atoms with Gasteiger partial charge in [-0.1, -0.05) is 12.8 Å². The van der Waals surface area contributed by atoms with E-state index in [1.165, 1.54) is 6.20 Å². The van der Waals surface area contributed by atoms with Crippen molar-refractivity contribution in [2.75, 3.05) is 10.6 Å². The minimum Gasteiger partial charge on any atom is -0.465 e. The third kappa shape index (κ3) is 4.65. The molecule has 142 valence electrons. The first-order chi connectivity index (χ1) is 13.6. The molecule has 3 rings (SSSR count). The fraction of sp³-hybridized carbons (Fsp3) is 0.316. The first-order valence-corrected chi connectivity index (χ1v) is 8.89. The van der Waals surface area contributed by atoms with Gasteiger partial charge >= 0.3 is 6.09 Å². The highest BCUT2D eigenvalue weighted by molar-refractivity contribution is 5.65. The van der Waals surface area contributed by atoms with Crippen LogP contribution >= 0.6 is 0 Å². The summed E-state index contributed by atoms with van der Waals surface area (Å²) in [6.07, 6.45) is 3.94. The van der Waals surface area contributed by atoms with Gasteiger partial charge in [-0.05, 0) is 37.1 Å². The maximum absolute atomic E-state index is 11.0. The number of aromatic nitrogens is 2. The smallest absolute Gasteiger partial charge is 0.404 e. The van der Waals surface area contributed by atoms with Crippen molar-refractivity contribution < 1.29 is 9.90 Å². The molecule has 2 atom stereocenters. The zero-order valence-corrected chi connectivity index (χ0v) is 15.0. The Kier molecular flexibility index (Phi) is 5.87. The molecule has 0 spiro atoms. The van der Waals surface area contributed by atoms with Crippen molar-refractivity contribution in [1.82, 2.24) is 15.3 Å². The molecular formula is C19H19N7O2. The predicted molar refractivity (Wildman–Crippen MR) is 102 cm³/mol. The van der Waals surface area contributed by atoms with E-state index >= 15 is 0 Å². The monoisotopic (exact) mass is 377 g/mol. The molecule has 1 saturated carbocycles. The lowest BCUT2D eigenvalue weighted by Gasteiger charge is -2.32. The SMILES string of the molecule is N#Cc1ccc(Nc2nc(N[C@@H]3CCCC[C@@H]3NC(=O)O)cnc2C#N)cc1. The molecule has 0 bridgehead atoms. The number of rotatable bonds is 5. The molecule has 1 heterocycles. The second-order valence-electron chi connectivity index (χ2n) is 6.47. The summed E-state index contributed by atoms with van der Waals surface area (Å²) in [4.78, 5) is 19.6. The fourth-order valence-electron chi connectivity index (χ4n) is 3.22. The molecule has 9 heteroatoms. The number of amides is 1. The van der Waals surface area contributed by atoms with E-state index in [1.807, 2.05) is 12.1 Å². The maximum atomic E-state index is 11.0. The second-order valence-corrected chi connectivity index (χ2v) is 6.47. The quantitative estimate of drug-likeness (QED) is 0.622. The minimum absolute atomic E-state index is 0.102. The topological polar surface area (TPSA) is 147 Å². The van der Waals surface area contributed by atoms with Gasteiger partial charge in [-0.3, -0.25) is 0 Å². The van der Waals surface area contributed by atoms with Crippen LogP contribution in [0.1, 0.15) is 36.9 Å². The van der Waals surface area contributed by atoms with Gasteiger partial charge in [-0.2, -0.15) is 10.5 Å². The van der Waals surface area contributed by atoms with Gasteiger partial charge in [0, 0.05) is 11.7 Å². The van der Waals surface area contributed by atoms with Crippen LogP contribution in [-0.2, 0) is 0 Å². The Morgan fingerprint density at radius 2 is 1.82 bits per heavy atom. The molecule has 1 amide bonds. The Morgan fingerprint density at radius 1 is 1.11 bits per heavy atom. The Balaban J connectivity index is 1.78. The predicted octanol–water partition coefficient (Wildman–Crippen LogP) is 2.95. The molecule has 0 saturated heterocycles. The number of hydrogen-bond donors (Lipinski definition) is 4. The molecule has 28 heavy (non-hydrogen) atoms. The lowest BCUT2D eigenvalue weighted by Crippen LogP contribution is -2.48. The van der Waals surface area contributed by atoms with Gasteiger partial charge in [-0.15, -0.1) is 0 Å². The van der Waals surface area contributed by atoms with Crippen molar-refractivity contribution in [1.29, 1.82) is 10.5 Å². The number of carboxylic acid groups (broad SMARTS) is 1.